The zero-order valence-corrected chi connectivity index (χ0v) is 16.5. The van der Waals surface area contributed by atoms with Crippen LogP contribution >= 0.6 is 0 Å². The highest BCUT2D eigenvalue weighted by Crippen LogP contribution is 2.14. The van der Waals surface area contributed by atoms with Gasteiger partial charge in [-0.2, -0.15) is 0 Å². The Morgan fingerprint density at radius 1 is 0.889 bits per heavy atom. The molecule has 0 unspecified atom stereocenters. The van der Waals surface area contributed by atoms with Crippen molar-refractivity contribution in [2.24, 2.45) is 0 Å². The van der Waals surface area contributed by atoms with E-state index >= 15 is 0 Å². The molecule has 3 rings (SSSR count). The number of nitrogens with zero attached hydrogens (tertiary/aromatic N) is 2. The number of carbonyl (C=O) groups is 2. The van der Waals surface area contributed by atoms with E-state index in [-0.39, 0.29) is 11.8 Å². The van der Waals surface area contributed by atoms with Gasteiger partial charge in [-0.3, -0.25) is 9.59 Å². The molecule has 2 amide bonds. The Morgan fingerprint density at radius 3 is 2.04 bits per heavy atom. The minimum atomic E-state index is 0.144. The second kappa shape index (κ2) is 8.42. The van der Waals surface area contributed by atoms with Crippen molar-refractivity contribution in [3.05, 3.63) is 58.4 Å². The number of hydrogen-bond donors (Lipinski definition) is 1. The van der Waals surface area contributed by atoms with Gasteiger partial charge in [0, 0.05) is 37.6 Å². The summed E-state index contributed by atoms with van der Waals surface area (Å²) in [6, 6.07) is 10.1. The molecule has 144 valence electrons. The summed E-state index contributed by atoms with van der Waals surface area (Å²) in [4.78, 5) is 32.5. The second-order valence-corrected chi connectivity index (χ2v) is 7.50. The van der Waals surface area contributed by atoms with Crippen LogP contribution in [0.25, 0.3) is 0 Å². The zero-order valence-electron chi connectivity index (χ0n) is 16.5. The van der Waals surface area contributed by atoms with Crippen LogP contribution in [0.5, 0.6) is 0 Å². The van der Waals surface area contributed by atoms with E-state index in [1.165, 1.54) is 0 Å². The highest BCUT2D eigenvalue weighted by molar-refractivity contribution is 5.80. The largest absolute Gasteiger partial charge is 0.362 e. The van der Waals surface area contributed by atoms with E-state index in [1.54, 1.807) is 0 Å². The summed E-state index contributed by atoms with van der Waals surface area (Å²) < 4.78 is 0. The number of aromatic amines is 1. The van der Waals surface area contributed by atoms with Crippen LogP contribution in [0, 0.1) is 20.8 Å². The van der Waals surface area contributed by atoms with E-state index in [4.69, 9.17) is 0 Å². The van der Waals surface area contributed by atoms with Crippen LogP contribution < -0.4 is 0 Å². The first-order valence-electron chi connectivity index (χ1n) is 9.69. The lowest BCUT2D eigenvalue weighted by Gasteiger charge is -2.22. The Morgan fingerprint density at radius 2 is 1.48 bits per heavy atom. The number of amides is 2. The summed E-state index contributed by atoms with van der Waals surface area (Å²) in [5.74, 6) is 0.293. The van der Waals surface area contributed by atoms with Crippen molar-refractivity contribution in [1.82, 2.24) is 14.8 Å². The van der Waals surface area contributed by atoms with Gasteiger partial charge in [-0.25, -0.2) is 0 Å². The van der Waals surface area contributed by atoms with Gasteiger partial charge in [-0.15, -0.1) is 0 Å². The standard InChI is InChI=1S/C22H29N3O2/c1-16-7-4-5-8-19(16)14-21(26)24-9-6-10-25(12-11-24)22(27)15-20-13-17(2)23-18(20)3/h4-5,7-8,13,23H,6,9-12,14-15H2,1-3H3. The molecular formula is C22H29N3O2. The fourth-order valence-corrected chi connectivity index (χ4v) is 3.74. The lowest BCUT2D eigenvalue weighted by molar-refractivity contribution is -0.132. The summed E-state index contributed by atoms with van der Waals surface area (Å²) in [6.07, 6.45) is 1.69. The Labute approximate surface area is 161 Å². The van der Waals surface area contributed by atoms with Crippen molar-refractivity contribution < 1.29 is 9.59 Å². The molecule has 1 aliphatic heterocycles. The molecule has 27 heavy (non-hydrogen) atoms. The fraction of sp³-hybridized carbons (Fsp3) is 0.455. The molecule has 2 aromatic rings. The maximum Gasteiger partial charge on any atom is 0.227 e. The molecule has 0 radical (unpaired) electrons. The van der Waals surface area contributed by atoms with E-state index in [1.807, 2.05) is 60.9 Å². The van der Waals surface area contributed by atoms with Crippen molar-refractivity contribution in [2.75, 3.05) is 26.2 Å². The number of carbonyl (C=O) groups excluding carboxylic acids is 2. The van der Waals surface area contributed by atoms with Gasteiger partial charge < -0.3 is 14.8 Å². The predicted molar refractivity (Wildman–Crippen MR) is 107 cm³/mol. The van der Waals surface area contributed by atoms with Crippen molar-refractivity contribution in [3.8, 4) is 0 Å². The Bertz CT molecular complexity index is 825. The molecule has 1 saturated heterocycles. The molecule has 0 aliphatic carbocycles. The van der Waals surface area contributed by atoms with Crippen LogP contribution in [0.3, 0.4) is 0 Å². The van der Waals surface area contributed by atoms with Crippen LogP contribution in [-0.4, -0.2) is 52.8 Å². The van der Waals surface area contributed by atoms with Gasteiger partial charge in [0.1, 0.15) is 0 Å². The summed E-state index contributed by atoms with van der Waals surface area (Å²) in [6.45, 7) is 8.71. The van der Waals surface area contributed by atoms with E-state index in [0.717, 1.165) is 47.6 Å². The molecule has 5 heteroatoms. The topological polar surface area (TPSA) is 56.4 Å². The summed E-state index contributed by atoms with van der Waals surface area (Å²) in [5, 5.41) is 0. The lowest BCUT2D eigenvalue weighted by atomic mass is 10.1. The summed E-state index contributed by atoms with van der Waals surface area (Å²) in [7, 11) is 0. The van der Waals surface area contributed by atoms with E-state index in [0.29, 0.717) is 25.9 Å². The van der Waals surface area contributed by atoms with Crippen LogP contribution in [0.1, 0.15) is 34.5 Å². The van der Waals surface area contributed by atoms with Crippen LogP contribution in [0.4, 0.5) is 0 Å². The monoisotopic (exact) mass is 367 g/mol. The van der Waals surface area contributed by atoms with E-state index < -0.39 is 0 Å². The molecule has 1 aromatic carbocycles. The van der Waals surface area contributed by atoms with Crippen LogP contribution in [0.15, 0.2) is 30.3 Å². The van der Waals surface area contributed by atoms with Gasteiger partial charge in [0.2, 0.25) is 11.8 Å². The third kappa shape index (κ3) is 4.79. The smallest absolute Gasteiger partial charge is 0.227 e. The first kappa shape index (κ1) is 19.2. The number of benzene rings is 1. The Kier molecular flexibility index (Phi) is 5.99. The highest BCUT2D eigenvalue weighted by atomic mass is 16.2. The second-order valence-electron chi connectivity index (χ2n) is 7.50. The highest BCUT2D eigenvalue weighted by Gasteiger charge is 2.23. The van der Waals surface area contributed by atoms with Crippen molar-refractivity contribution >= 4 is 11.8 Å². The Hall–Kier alpha value is -2.56. The number of rotatable bonds is 4. The average Bonchev–Trinajstić information content (AvgIpc) is 2.83. The third-order valence-corrected chi connectivity index (χ3v) is 5.40. The third-order valence-electron chi connectivity index (χ3n) is 5.40. The number of aryl methyl sites for hydroxylation is 3. The number of hydrogen-bond acceptors (Lipinski definition) is 2. The first-order valence-corrected chi connectivity index (χ1v) is 9.69. The predicted octanol–water partition coefficient (Wildman–Crippen LogP) is 2.79. The molecule has 1 aromatic heterocycles. The lowest BCUT2D eigenvalue weighted by Crippen LogP contribution is -2.38. The van der Waals surface area contributed by atoms with Gasteiger partial charge >= 0.3 is 0 Å². The van der Waals surface area contributed by atoms with Crippen molar-refractivity contribution in [3.63, 3.8) is 0 Å². The fourth-order valence-electron chi connectivity index (χ4n) is 3.74. The Balaban J connectivity index is 1.56. The number of H-pyrrole nitrogens is 1. The molecule has 1 N–H and O–H groups in total. The number of nitrogens with one attached hydrogen (secondary N) is 1. The number of aromatic nitrogens is 1. The molecule has 0 bridgehead atoms. The first-order chi connectivity index (χ1) is 12.9. The van der Waals surface area contributed by atoms with Crippen molar-refractivity contribution in [1.29, 1.82) is 0 Å². The van der Waals surface area contributed by atoms with Crippen LogP contribution in [0.2, 0.25) is 0 Å². The SMILES string of the molecule is Cc1cc(CC(=O)N2CCCN(C(=O)Cc3ccccc3C)CC2)c(C)[nH]1. The van der Waals surface area contributed by atoms with Gasteiger partial charge in [-0.1, -0.05) is 24.3 Å². The molecule has 1 aliphatic rings. The van der Waals surface area contributed by atoms with Gasteiger partial charge in [0.25, 0.3) is 0 Å². The molecule has 0 atom stereocenters. The van der Waals surface area contributed by atoms with E-state index in [9.17, 15) is 9.59 Å². The van der Waals surface area contributed by atoms with Gasteiger partial charge in [-0.05, 0) is 49.9 Å². The normalized spacial score (nSPS) is 14.9. The molecule has 0 saturated carbocycles. The van der Waals surface area contributed by atoms with Gasteiger partial charge in [0.05, 0.1) is 12.8 Å². The maximum atomic E-state index is 12.7. The molecular weight excluding hydrogens is 338 g/mol. The molecule has 2 heterocycles. The van der Waals surface area contributed by atoms with E-state index in [2.05, 4.69) is 4.98 Å². The molecule has 5 nitrogen and oxygen atoms in total. The minimum absolute atomic E-state index is 0.144. The maximum absolute atomic E-state index is 12.7. The summed E-state index contributed by atoms with van der Waals surface area (Å²) in [5.41, 5.74) is 5.44. The minimum Gasteiger partial charge on any atom is -0.362 e. The molecule has 0 spiro atoms. The van der Waals surface area contributed by atoms with Crippen molar-refractivity contribution in [2.45, 2.75) is 40.0 Å². The summed E-state index contributed by atoms with van der Waals surface area (Å²) >= 11 is 0. The average molecular weight is 367 g/mol. The quantitative estimate of drug-likeness (QED) is 0.903. The van der Waals surface area contributed by atoms with Gasteiger partial charge in [0.15, 0.2) is 0 Å². The zero-order chi connectivity index (χ0) is 19.4. The molecule has 1 fully saturated rings. The van der Waals surface area contributed by atoms with Crippen LogP contribution in [-0.2, 0) is 22.4 Å².